The molecule has 1 aromatic rings. The van der Waals surface area contributed by atoms with Crippen LogP contribution in [0, 0.1) is 10.1 Å². The van der Waals surface area contributed by atoms with E-state index in [1.807, 2.05) is 6.07 Å². The predicted octanol–water partition coefficient (Wildman–Crippen LogP) is 1.70. The molecule has 20 heavy (non-hydrogen) atoms. The monoisotopic (exact) mass is 279 g/mol. The highest BCUT2D eigenvalue weighted by Gasteiger charge is 2.34. The molecule has 2 unspecified atom stereocenters. The third-order valence-electron chi connectivity index (χ3n) is 3.71. The van der Waals surface area contributed by atoms with Gasteiger partial charge >= 0.3 is 0 Å². The number of nitrogens with two attached hydrogens (primary N) is 1. The van der Waals surface area contributed by atoms with Crippen LogP contribution in [-0.4, -0.2) is 41.7 Å². The van der Waals surface area contributed by atoms with E-state index in [0.717, 1.165) is 12.1 Å². The van der Waals surface area contributed by atoms with Crippen LogP contribution in [0.25, 0.3) is 0 Å². The zero-order valence-electron chi connectivity index (χ0n) is 11.9. The van der Waals surface area contributed by atoms with Crippen molar-refractivity contribution in [3.63, 3.8) is 0 Å². The van der Waals surface area contributed by atoms with Crippen molar-refractivity contribution >= 4 is 5.69 Å². The molecule has 1 saturated heterocycles. The van der Waals surface area contributed by atoms with Crippen molar-refractivity contribution in [3.05, 3.63) is 39.9 Å². The standard InChI is InChI=1S/C14H21N3O3/c1-10(2)16-6-7-20-13(9-15)14(16)11-4-3-5-12(8-11)17(18)19/h3-5,8,10,13-14H,6-7,9,15H2,1-2H3. The SMILES string of the molecule is CC(C)N1CCOC(CN)C1c1cccc([N+](=O)[O-])c1. The van der Waals surface area contributed by atoms with Crippen LogP contribution in [0.3, 0.4) is 0 Å². The zero-order chi connectivity index (χ0) is 14.7. The Kier molecular flexibility index (Phi) is 4.69. The lowest BCUT2D eigenvalue weighted by Gasteiger charge is -2.43. The highest BCUT2D eigenvalue weighted by Crippen LogP contribution is 2.32. The van der Waals surface area contributed by atoms with Crippen LogP contribution in [0.1, 0.15) is 25.5 Å². The van der Waals surface area contributed by atoms with Gasteiger partial charge in [-0.3, -0.25) is 15.0 Å². The first kappa shape index (κ1) is 14.9. The summed E-state index contributed by atoms with van der Waals surface area (Å²) in [5.74, 6) is 0. The highest BCUT2D eigenvalue weighted by atomic mass is 16.6. The molecule has 2 rings (SSSR count). The molecule has 1 aliphatic rings. The molecule has 110 valence electrons. The number of hydrogen-bond acceptors (Lipinski definition) is 5. The highest BCUT2D eigenvalue weighted by molar-refractivity contribution is 5.36. The number of hydrogen-bond donors (Lipinski definition) is 1. The fourth-order valence-corrected chi connectivity index (χ4v) is 2.76. The molecule has 1 heterocycles. The van der Waals surface area contributed by atoms with E-state index in [0.29, 0.717) is 19.2 Å². The maximum Gasteiger partial charge on any atom is 0.269 e. The molecule has 1 aromatic carbocycles. The van der Waals surface area contributed by atoms with Crippen molar-refractivity contribution in [2.75, 3.05) is 19.7 Å². The second-order valence-corrected chi connectivity index (χ2v) is 5.27. The molecular formula is C14H21N3O3. The number of nitro groups is 1. The minimum Gasteiger partial charge on any atom is -0.374 e. The van der Waals surface area contributed by atoms with Crippen molar-refractivity contribution < 1.29 is 9.66 Å². The number of benzene rings is 1. The first-order valence-corrected chi connectivity index (χ1v) is 6.86. The second kappa shape index (κ2) is 6.30. The number of nitro benzene ring substituents is 1. The molecule has 6 nitrogen and oxygen atoms in total. The van der Waals surface area contributed by atoms with Crippen LogP contribution in [0.2, 0.25) is 0 Å². The lowest BCUT2D eigenvalue weighted by molar-refractivity contribution is -0.385. The molecule has 2 atom stereocenters. The summed E-state index contributed by atoms with van der Waals surface area (Å²) in [5.41, 5.74) is 6.80. The van der Waals surface area contributed by atoms with Crippen LogP contribution < -0.4 is 5.73 Å². The van der Waals surface area contributed by atoms with E-state index in [9.17, 15) is 10.1 Å². The maximum atomic E-state index is 10.9. The van der Waals surface area contributed by atoms with Crippen molar-refractivity contribution in [3.8, 4) is 0 Å². The van der Waals surface area contributed by atoms with Crippen LogP contribution in [0.4, 0.5) is 5.69 Å². The van der Waals surface area contributed by atoms with Gasteiger partial charge in [-0.1, -0.05) is 12.1 Å². The molecule has 0 radical (unpaired) electrons. The smallest absolute Gasteiger partial charge is 0.269 e. The van der Waals surface area contributed by atoms with Gasteiger partial charge in [0.05, 0.1) is 23.7 Å². The van der Waals surface area contributed by atoms with Crippen molar-refractivity contribution in [1.29, 1.82) is 0 Å². The summed E-state index contributed by atoms with van der Waals surface area (Å²) in [4.78, 5) is 12.9. The predicted molar refractivity (Wildman–Crippen MR) is 76.5 cm³/mol. The molecular weight excluding hydrogens is 258 g/mol. The van der Waals surface area contributed by atoms with Gasteiger partial charge in [-0.2, -0.15) is 0 Å². The van der Waals surface area contributed by atoms with Gasteiger partial charge in [0.1, 0.15) is 0 Å². The number of nitrogens with zero attached hydrogens (tertiary/aromatic N) is 2. The number of non-ortho nitro benzene ring substituents is 1. The summed E-state index contributed by atoms with van der Waals surface area (Å²) in [6, 6.07) is 7.05. The number of rotatable bonds is 4. The Morgan fingerprint density at radius 1 is 1.55 bits per heavy atom. The van der Waals surface area contributed by atoms with Crippen LogP contribution >= 0.6 is 0 Å². The van der Waals surface area contributed by atoms with Crippen LogP contribution in [0.15, 0.2) is 24.3 Å². The third kappa shape index (κ3) is 2.98. The van der Waals surface area contributed by atoms with Crippen LogP contribution in [-0.2, 0) is 4.74 Å². The van der Waals surface area contributed by atoms with E-state index in [2.05, 4.69) is 18.7 Å². The van der Waals surface area contributed by atoms with E-state index < -0.39 is 0 Å². The molecule has 1 fully saturated rings. The number of morpholine rings is 1. The van der Waals surface area contributed by atoms with Crippen LogP contribution in [0.5, 0.6) is 0 Å². The third-order valence-corrected chi connectivity index (χ3v) is 3.71. The number of ether oxygens (including phenoxy) is 1. The Bertz CT molecular complexity index is 478. The summed E-state index contributed by atoms with van der Waals surface area (Å²) in [6.45, 7) is 6.08. The first-order valence-electron chi connectivity index (χ1n) is 6.86. The fraction of sp³-hybridized carbons (Fsp3) is 0.571. The van der Waals surface area contributed by atoms with Gasteiger partial charge in [-0.15, -0.1) is 0 Å². The van der Waals surface area contributed by atoms with Crippen molar-refractivity contribution in [2.45, 2.75) is 32.0 Å². The van der Waals surface area contributed by atoms with E-state index in [4.69, 9.17) is 10.5 Å². The lowest BCUT2D eigenvalue weighted by Crippen LogP contribution is -2.50. The molecule has 0 spiro atoms. The lowest BCUT2D eigenvalue weighted by atomic mass is 9.96. The van der Waals surface area contributed by atoms with E-state index in [1.54, 1.807) is 12.1 Å². The Hall–Kier alpha value is -1.50. The molecule has 0 bridgehead atoms. The van der Waals surface area contributed by atoms with E-state index in [-0.39, 0.29) is 22.8 Å². The fourth-order valence-electron chi connectivity index (χ4n) is 2.76. The van der Waals surface area contributed by atoms with Gasteiger partial charge < -0.3 is 10.5 Å². The minimum absolute atomic E-state index is 0.0337. The Labute approximate surface area is 118 Å². The second-order valence-electron chi connectivity index (χ2n) is 5.27. The Balaban J connectivity index is 2.38. The van der Waals surface area contributed by atoms with Gasteiger partial charge in [0.25, 0.3) is 5.69 Å². The molecule has 0 amide bonds. The molecule has 0 aliphatic carbocycles. The average molecular weight is 279 g/mol. The van der Waals surface area contributed by atoms with Gasteiger partial charge in [-0.25, -0.2) is 0 Å². The molecule has 1 aliphatic heterocycles. The van der Waals surface area contributed by atoms with Gasteiger partial charge in [0.2, 0.25) is 0 Å². The van der Waals surface area contributed by atoms with Gasteiger partial charge in [0.15, 0.2) is 0 Å². The molecule has 0 aromatic heterocycles. The van der Waals surface area contributed by atoms with E-state index >= 15 is 0 Å². The maximum absolute atomic E-state index is 10.9. The molecule has 6 heteroatoms. The van der Waals surface area contributed by atoms with Crippen molar-refractivity contribution in [2.24, 2.45) is 5.73 Å². The molecule has 2 N–H and O–H groups in total. The van der Waals surface area contributed by atoms with Gasteiger partial charge in [0, 0.05) is 31.3 Å². The molecule has 0 saturated carbocycles. The first-order chi connectivity index (χ1) is 9.54. The van der Waals surface area contributed by atoms with Gasteiger partial charge in [-0.05, 0) is 19.4 Å². The largest absolute Gasteiger partial charge is 0.374 e. The average Bonchev–Trinajstić information content (AvgIpc) is 2.46. The Morgan fingerprint density at radius 2 is 2.30 bits per heavy atom. The topological polar surface area (TPSA) is 81.6 Å². The summed E-state index contributed by atoms with van der Waals surface area (Å²) in [6.07, 6.45) is -0.131. The zero-order valence-corrected chi connectivity index (χ0v) is 11.9. The summed E-state index contributed by atoms with van der Waals surface area (Å²) in [5, 5.41) is 10.9. The normalized spacial score (nSPS) is 24.0. The summed E-state index contributed by atoms with van der Waals surface area (Å²) >= 11 is 0. The quantitative estimate of drug-likeness (QED) is 0.670. The minimum atomic E-state index is -0.371. The Morgan fingerprint density at radius 3 is 2.90 bits per heavy atom. The van der Waals surface area contributed by atoms with Crippen molar-refractivity contribution in [1.82, 2.24) is 4.90 Å². The summed E-state index contributed by atoms with van der Waals surface area (Å²) in [7, 11) is 0. The summed E-state index contributed by atoms with van der Waals surface area (Å²) < 4.78 is 5.74. The van der Waals surface area contributed by atoms with E-state index in [1.165, 1.54) is 6.07 Å².